The third-order valence-corrected chi connectivity index (χ3v) is 5.31. The number of piperidine rings is 3. The summed E-state index contributed by atoms with van der Waals surface area (Å²) in [6, 6.07) is 17.2. The summed E-state index contributed by atoms with van der Waals surface area (Å²) in [6.07, 6.45) is 2.90. The van der Waals surface area contributed by atoms with Gasteiger partial charge in [0.15, 0.2) is 0 Å². The zero-order chi connectivity index (χ0) is 17.1. The molecule has 1 amide bonds. The van der Waals surface area contributed by atoms with E-state index in [0.29, 0.717) is 18.3 Å². The zero-order valence-corrected chi connectivity index (χ0v) is 15.6. The Bertz CT molecular complexity index is 713. The Kier molecular flexibility index (Phi) is 6.30. The van der Waals surface area contributed by atoms with Gasteiger partial charge in [-0.1, -0.05) is 30.3 Å². The lowest BCUT2D eigenvalue weighted by Gasteiger charge is -2.44. The van der Waals surface area contributed by atoms with E-state index in [4.69, 9.17) is 4.74 Å². The number of hydrogen-bond acceptors (Lipinski definition) is 3. The van der Waals surface area contributed by atoms with Gasteiger partial charge in [-0.25, -0.2) is 0 Å². The highest BCUT2D eigenvalue weighted by molar-refractivity contribution is 6.04. The van der Waals surface area contributed by atoms with E-state index in [1.54, 1.807) is 0 Å². The molecular formula is C21H25ClN2O2. The molecule has 138 valence electrons. The van der Waals surface area contributed by atoms with Gasteiger partial charge in [-0.05, 0) is 61.7 Å². The Morgan fingerprint density at radius 2 is 1.73 bits per heavy atom. The number of carbonyl (C=O) groups is 1. The standard InChI is InChI=1S/C21H24N2O2.ClH/c24-21(22-19-4-2-1-3-5-19)18-8-6-16(7-9-18)15-25-20-14-23-12-10-17(20)11-13-23;/h1-9,17,20H,10-15H2,(H,22,24);1H. The largest absolute Gasteiger partial charge is 0.372 e. The molecule has 0 saturated carbocycles. The number of fused-ring (bicyclic) bond motifs is 3. The van der Waals surface area contributed by atoms with Crippen LogP contribution < -0.4 is 5.32 Å². The monoisotopic (exact) mass is 372 g/mol. The van der Waals surface area contributed by atoms with Crippen LogP contribution in [0.2, 0.25) is 0 Å². The molecule has 3 fully saturated rings. The van der Waals surface area contributed by atoms with E-state index in [2.05, 4.69) is 10.2 Å². The molecule has 1 atom stereocenters. The number of hydrogen-bond donors (Lipinski definition) is 1. The topological polar surface area (TPSA) is 41.6 Å². The number of halogens is 1. The number of benzene rings is 2. The van der Waals surface area contributed by atoms with E-state index in [1.165, 1.54) is 25.9 Å². The molecule has 2 bridgehead atoms. The molecule has 0 aliphatic carbocycles. The number of para-hydroxylation sites is 1. The molecule has 1 unspecified atom stereocenters. The summed E-state index contributed by atoms with van der Waals surface area (Å²) in [5.41, 5.74) is 2.59. The third-order valence-electron chi connectivity index (χ3n) is 5.31. The van der Waals surface area contributed by atoms with Crippen LogP contribution in [0, 0.1) is 5.92 Å². The van der Waals surface area contributed by atoms with Crippen molar-refractivity contribution in [3.63, 3.8) is 0 Å². The molecule has 0 aromatic heterocycles. The fraction of sp³-hybridized carbons (Fsp3) is 0.381. The quantitative estimate of drug-likeness (QED) is 0.863. The van der Waals surface area contributed by atoms with Gasteiger partial charge in [-0.3, -0.25) is 4.79 Å². The van der Waals surface area contributed by atoms with Crippen LogP contribution in [0.25, 0.3) is 0 Å². The second-order valence-electron chi connectivity index (χ2n) is 7.00. The van der Waals surface area contributed by atoms with Gasteiger partial charge in [0.05, 0.1) is 12.7 Å². The number of ether oxygens (including phenoxy) is 1. The smallest absolute Gasteiger partial charge is 0.255 e. The maximum Gasteiger partial charge on any atom is 0.255 e. The number of nitrogens with zero attached hydrogens (tertiary/aromatic N) is 1. The summed E-state index contributed by atoms with van der Waals surface area (Å²) in [5, 5.41) is 2.90. The number of carbonyl (C=O) groups excluding carboxylic acids is 1. The van der Waals surface area contributed by atoms with Gasteiger partial charge in [0, 0.05) is 17.8 Å². The molecular weight excluding hydrogens is 348 g/mol. The minimum atomic E-state index is -0.0870. The summed E-state index contributed by atoms with van der Waals surface area (Å²) in [5.74, 6) is 0.636. The van der Waals surface area contributed by atoms with Crippen LogP contribution in [0.4, 0.5) is 5.69 Å². The average molecular weight is 373 g/mol. The van der Waals surface area contributed by atoms with Crippen LogP contribution in [-0.4, -0.2) is 36.5 Å². The highest BCUT2D eigenvalue weighted by atomic mass is 35.5. The van der Waals surface area contributed by atoms with Crippen molar-refractivity contribution < 1.29 is 9.53 Å². The predicted octanol–water partition coefficient (Wildman–Crippen LogP) is 3.97. The Morgan fingerprint density at radius 3 is 2.35 bits per heavy atom. The van der Waals surface area contributed by atoms with Crippen molar-refractivity contribution in [2.45, 2.75) is 25.6 Å². The third kappa shape index (κ3) is 4.44. The molecule has 5 rings (SSSR count). The molecule has 3 aliphatic heterocycles. The Morgan fingerprint density at radius 1 is 1.04 bits per heavy atom. The summed E-state index contributed by atoms with van der Waals surface area (Å²) < 4.78 is 6.16. The Balaban J connectivity index is 0.00000196. The minimum Gasteiger partial charge on any atom is -0.372 e. The summed E-state index contributed by atoms with van der Waals surface area (Å²) in [7, 11) is 0. The molecule has 3 aliphatic rings. The molecule has 4 nitrogen and oxygen atoms in total. The first-order chi connectivity index (χ1) is 12.3. The molecule has 5 heteroatoms. The lowest BCUT2D eigenvalue weighted by Crippen LogP contribution is -2.51. The first-order valence-corrected chi connectivity index (χ1v) is 9.07. The highest BCUT2D eigenvalue weighted by Gasteiger charge is 2.34. The van der Waals surface area contributed by atoms with Crippen LogP contribution in [0.3, 0.4) is 0 Å². The van der Waals surface area contributed by atoms with Crippen LogP contribution in [-0.2, 0) is 11.3 Å². The first-order valence-electron chi connectivity index (χ1n) is 9.07. The molecule has 2 aromatic carbocycles. The fourth-order valence-electron chi connectivity index (χ4n) is 3.78. The zero-order valence-electron chi connectivity index (χ0n) is 14.8. The molecule has 0 spiro atoms. The number of nitrogens with one attached hydrogen (secondary N) is 1. The second-order valence-corrected chi connectivity index (χ2v) is 7.00. The van der Waals surface area contributed by atoms with Gasteiger partial charge in [0.25, 0.3) is 5.91 Å². The lowest BCUT2D eigenvalue weighted by atomic mass is 9.86. The number of anilines is 1. The fourth-order valence-corrected chi connectivity index (χ4v) is 3.78. The van der Waals surface area contributed by atoms with E-state index in [-0.39, 0.29) is 18.3 Å². The van der Waals surface area contributed by atoms with Crippen molar-refractivity contribution in [2.75, 3.05) is 25.0 Å². The summed E-state index contributed by atoms with van der Waals surface area (Å²) >= 11 is 0. The molecule has 3 heterocycles. The SMILES string of the molecule is Cl.O=C(Nc1ccccc1)c1ccc(COC2CN3CCC2CC3)cc1. The van der Waals surface area contributed by atoms with E-state index in [9.17, 15) is 4.79 Å². The van der Waals surface area contributed by atoms with Crippen LogP contribution >= 0.6 is 12.4 Å². The Labute approximate surface area is 160 Å². The van der Waals surface area contributed by atoms with E-state index < -0.39 is 0 Å². The highest BCUT2D eigenvalue weighted by Crippen LogP contribution is 2.30. The van der Waals surface area contributed by atoms with Gasteiger partial charge in [-0.15, -0.1) is 12.4 Å². The van der Waals surface area contributed by atoms with Crippen LogP contribution in [0.1, 0.15) is 28.8 Å². The van der Waals surface area contributed by atoms with E-state index >= 15 is 0 Å². The van der Waals surface area contributed by atoms with Gasteiger partial charge in [0.2, 0.25) is 0 Å². The average Bonchev–Trinajstić information content (AvgIpc) is 2.68. The minimum absolute atomic E-state index is 0. The second kappa shape index (κ2) is 8.67. The molecule has 0 radical (unpaired) electrons. The van der Waals surface area contributed by atoms with Gasteiger partial charge < -0.3 is 15.0 Å². The van der Waals surface area contributed by atoms with Crippen molar-refractivity contribution in [2.24, 2.45) is 5.92 Å². The van der Waals surface area contributed by atoms with Crippen molar-refractivity contribution in [3.8, 4) is 0 Å². The van der Waals surface area contributed by atoms with Crippen molar-refractivity contribution in [3.05, 3.63) is 65.7 Å². The van der Waals surface area contributed by atoms with Crippen molar-refractivity contribution in [1.82, 2.24) is 4.90 Å². The molecule has 2 aromatic rings. The van der Waals surface area contributed by atoms with Gasteiger partial charge in [0.1, 0.15) is 0 Å². The van der Waals surface area contributed by atoms with Gasteiger partial charge in [-0.2, -0.15) is 0 Å². The maximum absolute atomic E-state index is 12.3. The maximum atomic E-state index is 12.3. The lowest BCUT2D eigenvalue weighted by molar-refractivity contribution is -0.0765. The van der Waals surface area contributed by atoms with E-state index in [0.717, 1.165) is 23.7 Å². The molecule has 3 saturated heterocycles. The van der Waals surface area contributed by atoms with Crippen molar-refractivity contribution >= 4 is 24.0 Å². The van der Waals surface area contributed by atoms with Gasteiger partial charge >= 0.3 is 0 Å². The van der Waals surface area contributed by atoms with Crippen LogP contribution in [0.5, 0.6) is 0 Å². The molecule has 26 heavy (non-hydrogen) atoms. The number of rotatable bonds is 5. The summed E-state index contributed by atoms with van der Waals surface area (Å²) in [6.45, 7) is 4.16. The predicted molar refractivity (Wildman–Crippen MR) is 106 cm³/mol. The first kappa shape index (κ1) is 18.9. The Hall–Kier alpha value is -1.88. The van der Waals surface area contributed by atoms with Crippen LogP contribution in [0.15, 0.2) is 54.6 Å². The van der Waals surface area contributed by atoms with Crippen molar-refractivity contribution in [1.29, 1.82) is 0 Å². The number of amides is 1. The van der Waals surface area contributed by atoms with E-state index in [1.807, 2.05) is 54.6 Å². The summed E-state index contributed by atoms with van der Waals surface area (Å²) in [4.78, 5) is 14.8. The molecule has 1 N–H and O–H groups in total. The normalized spacial score (nSPS) is 23.9.